The molecule has 0 spiro atoms. The van der Waals surface area contributed by atoms with E-state index in [1.54, 1.807) is 97.1 Å². The third-order valence-electron chi connectivity index (χ3n) is 11.6. The first kappa shape index (κ1) is 44.6. The molecule has 0 unspecified atom stereocenters. The van der Waals surface area contributed by atoms with Gasteiger partial charge in [-0.1, -0.05) is 72.8 Å². The average Bonchev–Trinajstić information content (AvgIpc) is 3.87. The quantitative estimate of drug-likeness (QED) is 0.128. The number of rotatable bonds is 10. The number of ether oxygens (including phenoxy) is 2. The van der Waals surface area contributed by atoms with Crippen LogP contribution in [-0.4, -0.2) is 74.8 Å². The predicted octanol–water partition coefficient (Wildman–Crippen LogP) is 8.80. The molecule has 2 aromatic heterocycles. The number of nitrogens with zero attached hydrogens (tertiary/aromatic N) is 4. The normalized spacial score (nSPS) is 16.2. The van der Waals surface area contributed by atoms with Crippen LogP contribution in [0.1, 0.15) is 34.9 Å². The minimum atomic E-state index is -3.28. The summed E-state index contributed by atoms with van der Waals surface area (Å²) in [4.78, 5) is 9.99. The molecule has 18 heteroatoms. The molecule has 2 aliphatic rings. The molecule has 2 aliphatic heterocycles. The zero-order valence-corrected chi connectivity index (χ0v) is 37.0. The van der Waals surface area contributed by atoms with E-state index in [2.05, 4.69) is 19.8 Å². The Hall–Kier alpha value is -6.60. The zero-order valence-electron chi connectivity index (χ0n) is 35.4. The van der Waals surface area contributed by atoms with Gasteiger partial charge in [0.05, 0.1) is 57.0 Å². The van der Waals surface area contributed by atoms with E-state index in [0.717, 1.165) is 56.0 Å². The number of para-hydroxylation sites is 2. The second-order valence-corrected chi connectivity index (χ2v) is 20.0. The van der Waals surface area contributed by atoms with Crippen LogP contribution in [0.4, 0.5) is 17.6 Å². The van der Waals surface area contributed by atoms with Crippen molar-refractivity contribution in [1.29, 1.82) is 0 Å². The molecular weight excluding hydrogens is 897 g/mol. The van der Waals surface area contributed by atoms with Crippen LogP contribution in [0.15, 0.2) is 143 Å². The van der Waals surface area contributed by atoms with Crippen molar-refractivity contribution in [2.45, 2.75) is 48.2 Å². The largest absolute Gasteiger partial charge is 0.434 e. The second-order valence-electron chi connectivity index (χ2n) is 15.9. The summed E-state index contributed by atoms with van der Waals surface area (Å²) < 4.78 is 113. The Morgan fingerprint density at radius 2 is 0.894 bits per heavy atom. The van der Waals surface area contributed by atoms with Crippen LogP contribution in [-0.2, 0) is 32.8 Å². The summed E-state index contributed by atoms with van der Waals surface area (Å²) in [6, 6.07) is 38.2. The Kier molecular flexibility index (Phi) is 12.2. The molecule has 2 N–H and O–H groups in total. The fraction of sp³-hybridized carbons (Fsp3) is 0.208. The number of imidazole rings is 2. The summed E-state index contributed by atoms with van der Waals surface area (Å²) in [5.41, 5.74) is 8.16. The van der Waals surface area contributed by atoms with Crippen molar-refractivity contribution in [2.24, 2.45) is 0 Å². The summed E-state index contributed by atoms with van der Waals surface area (Å²) in [5, 5.41) is 6.63. The third-order valence-corrected chi connectivity index (χ3v) is 13.9. The smallest absolute Gasteiger partial charge is 0.387 e. The van der Waals surface area contributed by atoms with Gasteiger partial charge in [-0.25, -0.2) is 26.8 Å². The Labute approximate surface area is 377 Å². The Balaban J connectivity index is 0.000000166. The van der Waals surface area contributed by atoms with Crippen molar-refractivity contribution >= 4 is 41.7 Å². The molecular formula is C48H42F4N6O6S2. The maximum Gasteiger partial charge on any atom is 0.387 e. The van der Waals surface area contributed by atoms with Crippen LogP contribution in [0.2, 0.25) is 0 Å². The number of sulfone groups is 2. The van der Waals surface area contributed by atoms with Crippen LogP contribution in [0.25, 0.3) is 44.3 Å². The lowest BCUT2D eigenvalue weighted by Gasteiger charge is -2.28. The second kappa shape index (κ2) is 18.0. The molecule has 4 heterocycles. The molecule has 0 saturated carbocycles. The minimum Gasteiger partial charge on any atom is -0.434 e. The van der Waals surface area contributed by atoms with Crippen LogP contribution >= 0.6 is 0 Å². The van der Waals surface area contributed by atoms with Crippen molar-refractivity contribution in [3.05, 3.63) is 156 Å². The first-order valence-electron chi connectivity index (χ1n) is 20.7. The zero-order chi connectivity index (χ0) is 46.3. The number of nitrogens with one attached hydrogen (secondary N) is 2. The molecule has 0 radical (unpaired) electrons. The molecule has 0 bridgehead atoms. The van der Waals surface area contributed by atoms with E-state index in [0.29, 0.717) is 37.3 Å². The van der Waals surface area contributed by atoms with Gasteiger partial charge >= 0.3 is 13.2 Å². The van der Waals surface area contributed by atoms with Crippen molar-refractivity contribution in [3.8, 4) is 33.8 Å². The summed E-state index contributed by atoms with van der Waals surface area (Å²) in [6.07, 6.45) is 2.35. The molecule has 2 atom stereocenters. The van der Waals surface area contributed by atoms with Gasteiger partial charge in [-0.05, 0) is 82.9 Å². The lowest BCUT2D eigenvalue weighted by Crippen LogP contribution is -2.34. The van der Waals surface area contributed by atoms with Crippen LogP contribution in [0.3, 0.4) is 0 Å². The Morgan fingerprint density at radius 3 is 1.26 bits per heavy atom. The highest BCUT2D eigenvalue weighted by Gasteiger charge is 2.29. The Morgan fingerprint density at radius 1 is 0.530 bits per heavy atom. The van der Waals surface area contributed by atoms with Crippen LogP contribution < -0.4 is 20.1 Å². The summed E-state index contributed by atoms with van der Waals surface area (Å²) in [6.45, 7) is -3.64. The highest BCUT2D eigenvalue weighted by atomic mass is 32.2. The van der Waals surface area contributed by atoms with E-state index in [4.69, 9.17) is 19.4 Å². The number of halogens is 4. The Bertz CT molecular complexity index is 3090. The highest BCUT2D eigenvalue weighted by molar-refractivity contribution is 7.91. The SMILES string of the molecule is CS(=O)(=O)c1ccc(-c2ccc3nc4n(c3c2)[C@@H](c2ccccc2OC(F)F)CNC4)cc1.CS(=O)(=O)c1ccc(-c2ccc3nc4n(c3c2)[C@H](c2ccccc2OC(F)F)CNC4)cc1. The van der Waals surface area contributed by atoms with E-state index in [1.165, 1.54) is 12.5 Å². The molecule has 0 fully saturated rings. The molecule has 0 amide bonds. The lowest BCUT2D eigenvalue weighted by molar-refractivity contribution is -0.0514. The molecule has 0 saturated heterocycles. The van der Waals surface area contributed by atoms with Crippen molar-refractivity contribution in [1.82, 2.24) is 29.7 Å². The van der Waals surface area contributed by atoms with Gasteiger partial charge in [0.25, 0.3) is 0 Å². The lowest BCUT2D eigenvalue weighted by atomic mass is 10.0. The fourth-order valence-electron chi connectivity index (χ4n) is 8.62. The first-order valence-corrected chi connectivity index (χ1v) is 24.5. The standard InChI is InChI=1S/2C24H21F2N3O3S/c2*1-33(30,31)17-9-6-15(7-10-17)16-8-11-19-20(12-16)29-21(13-27-14-23(29)28-19)18-4-2-3-5-22(18)32-24(25)26/h2*2-12,21,24,27H,13-14H2,1H3/t2*21-/m10/s1. The van der Waals surface area contributed by atoms with E-state index in [1.807, 2.05) is 36.4 Å². The molecule has 66 heavy (non-hydrogen) atoms. The minimum absolute atomic E-state index is 0.140. The van der Waals surface area contributed by atoms with Gasteiger partial charge in [-0.15, -0.1) is 0 Å². The topological polar surface area (TPSA) is 146 Å². The predicted molar refractivity (Wildman–Crippen MR) is 242 cm³/mol. The average molecular weight is 939 g/mol. The molecule has 340 valence electrons. The summed E-state index contributed by atoms with van der Waals surface area (Å²) in [5.74, 6) is 1.89. The maximum absolute atomic E-state index is 13.0. The van der Waals surface area contributed by atoms with Gasteiger partial charge < -0.3 is 29.2 Å². The number of hydrogen-bond donors (Lipinski definition) is 2. The van der Waals surface area contributed by atoms with Crippen LogP contribution in [0.5, 0.6) is 11.5 Å². The molecule has 8 aromatic rings. The van der Waals surface area contributed by atoms with E-state index in [-0.39, 0.29) is 33.4 Å². The van der Waals surface area contributed by atoms with Crippen molar-refractivity contribution in [3.63, 3.8) is 0 Å². The van der Waals surface area contributed by atoms with E-state index < -0.39 is 32.9 Å². The van der Waals surface area contributed by atoms with E-state index >= 15 is 0 Å². The molecule has 6 aromatic carbocycles. The van der Waals surface area contributed by atoms with Gasteiger partial charge in [-0.2, -0.15) is 17.6 Å². The number of fused-ring (bicyclic) bond motifs is 6. The maximum atomic E-state index is 13.0. The summed E-state index contributed by atoms with van der Waals surface area (Å²) >= 11 is 0. The molecule has 0 aliphatic carbocycles. The molecule has 12 nitrogen and oxygen atoms in total. The van der Waals surface area contributed by atoms with Gasteiger partial charge in [0, 0.05) is 36.7 Å². The summed E-state index contributed by atoms with van der Waals surface area (Å²) in [7, 11) is -6.55. The number of benzene rings is 6. The van der Waals surface area contributed by atoms with Crippen LogP contribution in [0, 0.1) is 0 Å². The number of hydrogen-bond acceptors (Lipinski definition) is 10. The monoisotopic (exact) mass is 938 g/mol. The molecule has 10 rings (SSSR count). The van der Waals surface area contributed by atoms with Crippen molar-refractivity contribution < 1.29 is 43.9 Å². The first-order chi connectivity index (χ1) is 31.6. The third kappa shape index (κ3) is 9.13. The van der Waals surface area contributed by atoms with Crippen molar-refractivity contribution in [2.75, 3.05) is 25.6 Å². The van der Waals surface area contributed by atoms with Gasteiger partial charge in [-0.3, -0.25) is 0 Å². The number of aromatic nitrogens is 4. The number of alkyl halides is 4. The van der Waals surface area contributed by atoms with Gasteiger partial charge in [0.15, 0.2) is 19.7 Å². The fourth-order valence-corrected chi connectivity index (χ4v) is 9.88. The highest BCUT2D eigenvalue weighted by Crippen LogP contribution is 2.38. The van der Waals surface area contributed by atoms with Gasteiger partial charge in [0.1, 0.15) is 23.1 Å². The van der Waals surface area contributed by atoms with E-state index in [9.17, 15) is 34.4 Å². The van der Waals surface area contributed by atoms with Gasteiger partial charge in [0.2, 0.25) is 0 Å².